The lowest BCUT2D eigenvalue weighted by Gasteiger charge is -2.43. The maximum atomic E-state index is 12.9. The van der Waals surface area contributed by atoms with E-state index in [1.54, 1.807) is 18.5 Å². The van der Waals surface area contributed by atoms with Gasteiger partial charge in [-0.15, -0.1) is 0 Å². The number of carbonyl (C=O) groups excluding carboxylic acids is 1. The van der Waals surface area contributed by atoms with Crippen molar-refractivity contribution in [2.24, 2.45) is 5.92 Å². The Bertz CT molecular complexity index is 1110. The summed E-state index contributed by atoms with van der Waals surface area (Å²) in [5.74, 6) is 0.775. The molecular weight excluding hydrogens is 374 g/mol. The lowest BCUT2D eigenvalue weighted by molar-refractivity contribution is -0.133. The first-order chi connectivity index (χ1) is 14.7. The maximum absolute atomic E-state index is 12.9. The van der Waals surface area contributed by atoms with Crippen molar-refractivity contribution in [2.45, 2.75) is 31.7 Å². The Labute approximate surface area is 176 Å². The number of aromatic nitrogens is 2. The van der Waals surface area contributed by atoms with Crippen molar-refractivity contribution in [3.05, 3.63) is 88.6 Å². The van der Waals surface area contributed by atoms with Crippen molar-refractivity contribution in [1.29, 1.82) is 0 Å². The molecule has 5 nitrogen and oxygen atoms in total. The Morgan fingerprint density at radius 3 is 2.57 bits per heavy atom. The Morgan fingerprint density at radius 2 is 1.77 bits per heavy atom. The van der Waals surface area contributed by atoms with Gasteiger partial charge in [0.25, 0.3) is 5.56 Å². The number of hydrogen-bond donors (Lipinski definition) is 0. The number of fused-ring (bicyclic) bond motifs is 4. The molecule has 5 rings (SSSR count). The zero-order valence-corrected chi connectivity index (χ0v) is 16.9. The predicted octanol–water partition coefficient (Wildman–Crippen LogP) is 3.49. The van der Waals surface area contributed by atoms with Gasteiger partial charge in [-0.25, -0.2) is 0 Å². The molecule has 0 spiro atoms. The molecule has 5 heteroatoms. The van der Waals surface area contributed by atoms with Crippen LogP contribution in [0.4, 0.5) is 0 Å². The van der Waals surface area contributed by atoms with E-state index in [0.29, 0.717) is 25.4 Å². The van der Waals surface area contributed by atoms with Crippen molar-refractivity contribution in [3.63, 3.8) is 0 Å². The maximum Gasteiger partial charge on any atom is 0.251 e. The second-order valence-corrected chi connectivity index (χ2v) is 8.44. The molecule has 1 aromatic carbocycles. The molecule has 0 radical (unpaired) electrons. The molecule has 3 aromatic rings. The summed E-state index contributed by atoms with van der Waals surface area (Å²) >= 11 is 0. The zero-order chi connectivity index (χ0) is 20.5. The van der Waals surface area contributed by atoms with E-state index < -0.39 is 0 Å². The van der Waals surface area contributed by atoms with E-state index in [9.17, 15) is 9.59 Å². The van der Waals surface area contributed by atoms with Crippen molar-refractivity contribution < 1.29 is 4.79 Å². The summed E-state index contributed by atoms with van der Waals surface area (Å²) in [4.78, 5) is 31.8. The van der Waals surface area contributed by atoms with Gasteiger partial charge >= 0.3 is 0 Å². The summed E-state index contributed by atoms with van der Waals surface area (Å²) in [6, 6.07) is 17.9. The smallest absolute Gasteiger partial charge is 0.251 e. The summed E-state index contributed by atoms with van der Waals surface area (Å²) in [7, 11) is 0. The normalized spacial score (nSPS) is 19.9. The van der Waals surface area contributed by atoms with Crippen molar-refractivity contribution in [2.75, 3.05) is 13.1 Å². The molecule has 1 fully saturated rings. The topological polar surface area (TPSA) is 55.2 Å². The number of pyridine rings is 2. The minimum atomic E-state index is 0.0681. The monoisotopic (exact) mass is 399 g/mol. The molecule has 0 unspecified atom stereocenters. The number of amides is 1. The van der Waals surface area contributed by atoms with Crippen LogP contribution in [0, 0.1) is 5.92 Å². The largest absolute Gasteiger partial charge is 0.342 e. The highest BCUT2D eigenvalue weighted by atomic mass is 16.2. The molecule has 2 aliphatic rings. The molecule has 0 N–H and O–H groups in total. The molecule has 1 amide bonds. The molecule has 1 saturated heterocycles. The summed E-state index contributed by atoms with van der Waals surface area (Å²) in [5.41, 5.74) is 4.30. The number of hydrogen-bond acceptors (Lipinski definition) is 3. The fourth-order valence-corrected chi connectivity index (χ4v) is 4.92. The Morgan fingerprint density at radius 1 is 0.967 bits per heavy atom. The minimum Gasteiger partial charge on any atom is -0.342 e. The highest BCUT2D eigenvalue weighted by molar-refractivity contribution is 5.76. The van der Waals surface area contributed by atoms with Crippen LogP contribution in [0.15, 0.2) is 71.8 Å². The Kier molecular flexibility index (Phi) is 4.95. The molecular formula is C25H25N3O2. The number of rotatable bonds is 4. The van der Waals surface area contributed by atoms with E-state index in [-0.39, 0.29) is 17.4 Å². The highest BCUT2D eigenvalue weighted by Crippen LogP contribution is 2.36. The average molecular weight is 399 g/mol. The fourth-order valence-electron chi connectivity index (χ4n) is 4.92. The fraction of sp³-hybridized carbons (Fsp3) is 0.320. The first kappa shape index (κ1) is 18.8. The van der Waals surface area contributed by atoms with Gasteiger partial charge in [0.05, 0.1) is 0 Å². The molecule has 30 heavy (non-hydrogen) atoms. The van der Waals surface area contributed by atoms with Crippen LogP contribution in [0.2, 0.25) is 0 Å². The second-order valence-electron chi connectivity index (χ2n) is 8.44. The predicted molar refractivity (Wildman–Crippen MR) is 116 cm³/mol. The first-order valence-corrected chi connectivity index (χ1v) is 10.6. The van der Waals surface area contributed by atoms with Gasteiger partial charge in [0, 0.05) is 56.1 Å². The third-order valence-corrected chi connectivity index (χ3v) is 6.39. The molecule has 4 heterocycles. The lowest BCUT2D eigenvalue weighted by atomic mass is 9.82. The van der Waals surface area contributed by atoms with Gasteiger partial charge in [-0.3, -0.25) is 14.6 Å². The van der Waals surface area contributed by atoms with E-state index >= 15 is 0 Å². The number of benzene rings is 1. The van der Waals surface area contributed by atoms with Crippen LogP contribution >= 0.6 is 0 Å². The van der Waals surface area contributed by atoms with Gasteiger partial charge in [-0.2, -0.15) is 0 Å². The van der Waals surface area contributed by atoms with Gasteiger partial charge in [0.15, 0.2) is 0 Å². The van der Waals surface area contributed by atoms with E-state index in [2.05, 4.69) is 11.1 Å². The van der Waals surface area contributed by atoms with E-state index in [4.69, 9.17) is 0 Å². The number of carbonyl (C=O) groups is 1. The molecule has 2 atom stereocenters. The third-order valence-electron chi connectivity index (χ3n) is 6.39. The van der Waals surface area contributed by atoms with Crippen molar-refractivity contribution in [1.82, 2.24) is 14.5 Å². The van der Waals surface area contributed by atoms with E-state index in [0.717, 1.165) is 41.8 Å². The number of aryl methyl sites for hydroxylation is 1. The molecule has 2 aliphatic heterocycles. The van der Waals surface area contributed by atoms with Crippen LogP contribution in [-0.4, -0.2) is 33.4 Å². The highest BCUT2D eigenvalue weighted by Gasteiger charge is 2.36. The van der Waals surface area contributed by atoms with Crippen LogP contribution < -0.4 is 5.56 Å². The Balaban J connectivity index is 1.36. The van der Waals surface area contributed by atoms with Crippen molar-refractivity contribution >= 4 is 5.91 Å². The van der Waals surface area contributed by atoms with Gasteiger partial charge in [-0.05, 0) is 53.6 Å². The van der Waals surface area contributed by atoms with Gasteiger partial charge in [0.1, 0.15) is 0 Å². The SMILES string of the molecule is O=C(CCc1ccncc1)N1C[C@@H]2C[C@H](C1)c1cc(-c3ccccc3)cc(=O)n1C2. The van der Waals surface area contributed by atoms with Gasteiger partial charge < -0.3 is 9.47 Å². The molecule has 152 valence electrons. The standard InChI is InChI=1S/C25H25N3O2/c29-24(7-6-18-8-10-26-11-9-18)27-15-19-12-22(17-27)23-13-21(14-25(30)28(23)16-19)20-4-2-1-3-5-20/h1-5,8-11,13-14,19,22H,6-7,12,15-17H2/t19-,22+/m0/s1. The third kappa shape index (κ3) is 3.67. The van der Waals surface area contributed by atoms with Crippen LogP contribution in [0.1, 0.15) is 30.0 Å². The van der Waals surface area contributed by atoms with Crippen LogP contribution in [0.3, 0.4) is 0 Å². The van der Waals surface area contributed by atoms with Crippen LogP contribution in [0.25, 0.3) is 11.1 Å². The molecule has 2 bridgehead atoms. The Hall–Kier alpha value is -3.21. The van der Waals surface area contributed by atoms with Crippen LogP contribution in [0.5, 0.6) is 0 Å². The molecule has 2 aromatic heterocycles. The minimum absolute atomic E-state index is 0.0681. The summed E-state index contributed by atoms with van der Waals surface area (Å²) < 4.78 is 1.93. The summed E-state index contributed by atoms with van der Waals surface area (Å²) in [6.07, 6.45) is 5.84. The number of nitrogens with zero attached hydrogens (tertiary/aromatic N) is 3. The number of piperidine rings is 1. The molecule has 0 saturated carbocycles. The number of likely N-dealkylation sites (tertiary alicyclic amines) is 1. The average Bonchev–Trinajstić information content (AvgIpc) is 2.79. The van der Waals surface area contributed by atoms with E-state index in [1.165, 1.54) is 0 Å². The summed E-state index contributed by atoms with van der Waals surface area (Å²) in [6.45, 7) is 2.15. The lowest BCUT2D eigenvalue weighted by Crippen LogP contribution is -2.49. The molecule has 0 aliphatic carbocycles. The van der Waals surface area contributed by atoms with Crippen molar-refractivity contribution in [3.8, 4) is 11.1 Å². The van der Waals surface area contributed by atoms with E-state index in [1.807, 2.05) is 51.9 Å². The first-order valence-electron chi connectivity index (χ1n) is 10.6. The quantitative estimate of drug-likeness (QED) is 0.675. The zero-order valence-electron chi connectivity index (χ0n) is 16.9. The van der Waals surface area contributed by atoms with Crippen LogP contribution in [-0.2, 0) is 17.8 Å². The van der Waals surface area contributed by atoms with Gasteiger partial charge in [-0.1, -0.05) is 30.3 Å². The summed E-state index contributed by atoms with van der Waals surface area (Å²) in [5, 5.41) is 0. The van der Waals surface area contributed by atoms with Gasteiger partial charge in [0.2, 0.25) is 5.91 Å². The second kappa shape index (κ2) is 7.90.